The Kier molecular flexibility index (Phi) is 5.88. The Morgan fingerprint density at radius 3 is 1.93 bits per heavy atom. The van der Waals surface area contributed by atoms with E-state index < -0.39 is 27.4 Å². The molecular weight excluding hydrogens is 412 g/mol. The normalized spacial score (nSPS) is 18.2. The van der Waals surface area contributed by atoms with Gasteiger partial charge in [0.2, 0.25) is 10.0 Å². The Morgan fingerprint density at radius 2 is 1.37 bits per heavy atom. The fourth-order valence-electron chi connectivity index (χ4n) is 4.00. The van der Waals surface area contributed by atoms with Gasteiger partial charge < -0.3 is 9.80 Å². The van der Waals surface area contributed by atoms with Crippen molar-refractivity contribution in [2.24, 2.45) is 0 Å². The summed E-state index contributed by atoms with van der Waals surface area (Å²) in [5.41, 5.74) is 0.108. The number of aromatic nitrogens is 2. The summed E-state index contributed by atoms with van der Waals surface area (Å²) in [6, 6.07) is 4.81. The van der Waals surface area contributed by atoms with Gasteiger partial charge in [0.1, 0.15) is 29.1 Å². The maximum Gasteiger partial charge on any atom is 0.218 e. The number of rotatable bonds is 5. The van der Waals surface area contributed by atoms with Crippen molar-refractivity contribution in [3.8, 4) is 0 Å². The van der Waals surface area contributed by atoms with E-state index in [1.165, 1.54) is 4.31 Å². The smallest absolute Gasteiger partial charge is 0.218 e. The molecule has 0 amide bonds. The summed E-state index contributed by atoms with van der Waals surface area (Å²) in [7, 11) is -3.67. The first kappa shape index (κ1) is 20.9. The molecule has 2 fully saturated rings. The third kappa shape index (κ3) is 4.70. The van der Waals surface area contributed by atoms with Gasteiger partial charge in [-0.2, -0.15) is 4.31 Å². The topological polar surface area (TPSA) is 69.6 Å². The first-order valence-electron chi connectivity index (χ1n) is 10.1. The highest BCUT2D eigenvalue weighted by Crippen LogP contribution is 2.24. The molecule has 0 N–H and O–H groups in total. The number of aryl methyl sites for hydroxylation is 1. The fraction of sp³-hybridized carbons (Fsp3) is 0.500. The van der Waals surface area contributed by atoms with Crippen molar-refractivity contribution in [3.63, 3.8) is 0 Å². The SMILES string of the molecule is Cc1nc(N2CCCC2)cc(N2CCN(S(=O)(=O)Cc3cc(F)cc(F)c3)CC2)n1. The number of benzene rings is 1. The molecule has 0 unspecified atom stereocenters. The van der Waals surface area contributed by atoms with Gasteiger partial charge in [0.05, 0.1) is 5.75 Å². The van der Waals surface area contributed by atoms with E-state index in [4.69, 9.17) is 0 Å². The molecule has 0 bridgehead atoms. The second kappa shape index (κ2) is 8.43. The van der Waals surface area contributed by atoms with Gasteiger partial charge in [0.15, 0.2) is 0 Å². The minimum absolute atomic E-state index is 0.108. The van der Waals surface area contributed by atoms with E-state index in [0.717, 1.165) is 55.8 Å². The molecule has 0 atom stereocenters. The van der Waals surface area contributed by atoms with Crippen LogP contribution < -0.4 is 9.80 Å². The summed E-state index contributed by atoms with van der Waals surface area (Å²) in [6.07, 6.45) is 2.31. The van der Waals surface area contributed by atoms with Crippen molar-refractivity contribution in [3.05, 3.63) is 47.3 Å². The largest absolute Gasteiger partial charge is 0.356 e. The summed E-state index contributed by atoms with van der Waals surface area (Å²) in [5, 5.41) is 0. The van der Waals surface area contributed by atoms with E-state index in [1.54, 1.807) is 0 Å². The molecule has 2 aromatic rings. The molecule has 0 radical (unpaired) electrons. The molecule has 0 spiro atoms. The van der Waals surface area contributed by atoms with Crippen LogP contribution in [0.1, 0.15) is 24.2 Å². The van der Waals surface area contributed by atoms with Crippen molar-refractivity contribution in [1.82, 2.24) is 14.3 Å². The monoisotopic (exact) mass is 437 g/mol. The van der Waals surface area contributed by atoms with Gasteiger partial charge in [-0.05, 0) is 37.5 Å². The van der Waals surface area contributed by atoms with Crippen LogP contribution in [0.3, 0.4) is 0 Å². The van der Waals surface area contributed by atoms with Crippen molar-refractivity contribution in [1.29, 1.82) is 0 Å². The third-order valence-electron chi connectivity index (χ3n) is 5.47. The van der Waals surface area contributed by atoms with Crippen LogP contribution in [0.4, 0.5) is 20.4 Å². The number of hydrogen-bond donors (Lipinski definition) is 0. The maximum absolute atomic E-state index is 13.4. The van der Waals surface area contributed by atoms with Crippen molar-refractivity contribution in [2.75, 3.05) is 49.1 Å². The zero-order chi connectivity index (χ0) is 21.3. The minimum atomic E-state index is -3.67. The third-order valence-corrected chi connectivity index (χ3v) is 7.32. The number of sulfonamides is 1. The molecule has 0 saturated carbocycles. The van der Waals surface area contributed by atoms with Crippen LogP contribution in [0.2, 0.25) is 0 Å². The predicted octanol–water partition coefficient (Wildman–Crippen LogP) is 2.32. The minimum Gasteiger partial charge on any atom is -0.356 e. The quantitative estimate of drug-likeness (QED) is 0.715. The van der Waals surface area contributed by atoms with E-state index in [9.17, 15) is 17.2 Å². The number of hydrogen-bond acceptors (Lipinski definition) is 6. The van der Waals surface area contributed by atoms with Gasteiger partial charge in [-0.25, -0.2) is 27.2 Å². The van der Waals surface area contributed by atoms with Gasteiger partial charge in [0.25, 0.3) is 0 Å². The van der Waals surface area contributed by atoms with E-state index in [-0.39, 0.29) is 5.56 Å². The molecule has 162 valence electrons. The molecule has 4 rings (SSSR count). The van der Waals surface area contributed by atoms with Crippen molar-refractivity contribution < 1.29 is 17.2 Å². The second-order valence-electron chi connectivity index (χ2n) is 7.75. The van der Waals surface area contributed by atoms with Gasteiger partial charge in [-0.15, -0.1) is 0 Å². The predicted molar refractivity (Wildman–Crippen MR) is 111 cm³/mol. The van der Waals surface area contributed by atoms with Gasteiger partial charge in [-0.3, -0.25) is 0 Å². The molecule has 7 nitrogen and oxygen atoms in total. The van der Waals surface area contributed by atoms with Crippen molar-refractivity contribution in [2.45, 2.75) is 25.5 Å². The summed E-state index contributed by atoms with van der Waals surface area (Å²) in [5.74, 6) is 0.424. The van der Waals surface area contributed by atoms with Crippen LogP contribution >= 0.6 is 0 Å². The van der Waals surface area contributed by atoms with E-state index in [1.807, 2.05) is 13.0 Å². The average molecular weight is 438 g/mol. The lowest BCUT2D eigenvalue weighted by molar-refractivity contribution is 0.383. The maximum atomic E-state index is 13.4. The lowest BCUT2D eigenvalue weighted by Crippen LogP contribution is -2.49. The molecule has 1 aromatic carbocycles. The Morgan fingerprint density at radius 1 is 0.833 bits per heavy atom. The van der Waals surface area contributed by atoms with Crippen LogP contribution in [0.15, 0.2) is 24.3 Å². The molecule has 3 heterocycles. The molecule has 2 saturated heterocycles. The Balaban J connectivity index is 1.43. The van der Waals surface area contributed by atoms with Crippen LogP contribution in [-0.4, -0.2) is 62.0 Å². The molecule has 2 aliphatic rings. The van der Waals surface area contributed by atoms with Gasteiger partial charge >= 0.3 is 0 Å². The lowest BCUT2D eigenvalue weighted by Gasteiger charge is -2.35. The first-order chi connectivity index (χ1) is 14.3. The summed E-state index contributed by atoms with van der Waals surface area (Å²) < 4.78 is 53.6. The Hall–Kier alpha value is -2.33. The molecule has 2 aliphatic heterocycles. The highest BCUT2D eigenvalue weighted by atomic mass is 32.2. The molecule has 1 aromatic heterocycles. The number of piperazine rings is 1. The van der Waals surface area contributed by atoms with Crippen LogP contribution in [0.25, 0.3) is 0 Å². The number of nitrogens with zero attached hydrogens (tertiary/aromatic N) is 5. The Labute approximate surface area is 175 Å². The van der Waals surface area contributed by atoms with E-state index >= 15 is 0 Å². The summed E-state index contributed by atoms with van der Waals surface area (Å²) in [4.78, 5) is 13.4. The molecular formula is C20H25F2N5O2S. The highest BCUT2D eigenvalue weighted by molar-refractivity contribution is 7.88. The summed E-state index contributed by atoms with van der Waals surface area (Å²) >= 11 is 0. The average Bonchev–Trinajstić information content (AvgIpc) is 3.21. The van der Waals surface area contributed by atoms with Gasteiger partial charge in [0, 0.05) is 51.4 Å². The van der Waals surface area contributed by atoms with E-state index in [2.05, 4.69) is 19.8 Å². The van der Waals surface area contributed by atoms with Crippen LogP contribution in [0.5, 0.6) is 0 Å². The zero-order valence-corrected chi connectivity index (χ0v) is 17.7. The lowest BCUT2D eigenvalue weighted by atomic mass is 10.2. The first-order valence-corrected chi connectivity index (χ1v) is 11.7. The Bertz CT molecular complexity index is 1000. The van der Waals surface area contributed by atoms with Gasteiger partial charge in [-0.1, -0.05) is 0 Å². The van der Waals surface area contributed by atoms with Crippen LogP contribution in [0, 0.1) is 18.6 Å². The summed E-state index contributed by atoms with van der Waals surface area (Å²) in [6.45, 7) is 5.41. The number of anilines is 2. The second-order valence-corrected chi connectivity index (χ2v) is 9.71. The molecule has 0 aliphatic carbocycles. The number of halogens is 2. The van der Waals surface area contributed by atoms with Crippen LogP contribution in [-0.2, 0) is 15.8 Å². The highest BCUT2D eigenvalue weighted by Gasteiger charge is 2.28. The zero-order valence-electron chi connectivity index (χ0n) is 16.9. The molecule has 30 heavy (non-hydrogen) atoms. The molecule has 10 heteroatoms. The van der Waals surface area contributed by atoms with E-state index in [0.29, 0.717) is 32.0 Å². The fourth-order valence-corrected chi connectivity index (χ4v) is 5.49. The standard InChI is InChI=1S/C20H25F2N5O2S/c1-15-23-19(25-4-2-3-5-25)13-20(24-15)26-6-8-27(9-7-26)30(28,29)14-16-10-17(21)12-18(22)11-16/h10-13H,2-9,14H2,1H3. The van der Waals surface area contributed by atoms with Crippen molar-refractivity contribution >= 4 is 21.7 Å².